The van der Waals surface area contributed by atoms with Crippen molar-refractivity contribution in [3.05, 3.63) is 63.2 Å². The molecular formula is C15H15ClN3O3+. The summed E-state index contributed by atoms with van der Waals surface area (Å²) in [6, 6.07) is 11.4. The van der Waals surface area contributed by atoms with Crippen molar-refractivity contribution in [1.29, 1.82) is 0 Å². The highest BCUT2D eigenvalue weighted by Crippen LogP contribution is 2.25. The molecule has 0 aliphatic heterocycles. The van der Waals surface area contributed by atoms with Crippen LogP contribution in [0.15, 0.2) is 42.5 Å². The van der Waals surface area contributed by atoms with E-state index in [1.165, 1.54) is 24.4 Å². The number of benzene rings is 2. The van der Waals surface area contributed by atoms with Gasteiger partial charge in [-0.05, 0) is 18.2 Å². The van der Waals surface area contributed by atoms with Crippen LogP contribution < -0.4 is 4.90 Å². The lowest BCUT2D eigenvalue weighted by Gasteiger charge is -2.10. The van der Waals surface area contributed by atoms with Gasteiger partial charge in [0.1, 0.15) is 5.56 Å². The van der Waals surface area contributed by atoms with Gasteiger partial charge in [0.2, 0.25) is 6.21 Å². The molecule has 7 heteroatoms. The molecule has 0 atom stereocenters. The maximum absolute atomic E-state index is 11.0. The van der Waals surface area contributed by atoms with E-state index in [-0.39, 0.29) is 16.3 Å². The van der Waals surface area contributed by atoms with Gasteiger partial charge in [-0.25, -0.2) is 0 Å². The molecule has 0 bridgehead atoms. The highest BCUT2D eigenvalue weighted by Gasteiger charge is 2.20. The summed E-state index contributed by atoms with van der Waals surface area (Å²) in [5, 5.41) is 21.3. The molecule has 0 fully saturated rings. The summed E-state index contributed by atoms with van der Waals surface area (Å²) in [5.74, 6) is 0. The van der Waals surface area contributed by atoms with E-state index in [1.54, 1.807) is 12.1 Å². The Morgan fingerprint density at radius 3 is 2.36 bits per heavy atom. The van der Waals surface area contributed by atoms with Gasteiger partial charge in [0, 0.05) is 42.7 Å². The first kappa shape index (κ1) is 15.8. The van der Waals surface area contributed by atoms with Crippen molar-refractivity contribution >= 4 is 34.9 Å². The molecule has 0 aromatic heterocycles. The van der Waals surface area contributed by atoms with Crippen LogP contribution in [0.25, 0.3) is 0 Å². The third-order valence-electron chi connectivity index (χ3n) is 3.11. The first-order valence-electron chi connectivity index (χ1n) is 6.43. The fourth-order valence-corrected chi connectivity index (χ4v) is 2.13. The van der Waals surface area contributed by atoms with E-state index in [0.717, 1.165) is 10.4 Å². The molecule has 0 heterocycles. The van der Waals surface area contributed by atoms with Crippen molar-refractivity contribution in [3.63, 3.8) is 0 Å². The molecule has 0 aliphatic rings. The lowest BCUT2D eigenvalue weighted by molar-refractivity contribution is -0.709. The number of nitrogens with zero attached hydrogens (tertiary/aromatic N) is 3. The minimum Gasteiger partial charge on any atom is -0.378 e. The molecule has 0 amide bonds. The lowest BCUT2D eigenvalue weighted by Crippen LogP contribution is -2.09. The second-order valence-electron chi connectivity index (χ2n) is 4.81. The summed E-state index contributed by atoms with van der Waals surface area (Å²) in [7, 11) is 3.82. The Balaban J connectivity index is 2.43. The average molecular weight is 321 g/mol. The maximum atomic E-state index is 11.0. The smallest absolute Gasteiger partial charge is 0.284 e. The van der Waals surface area contributed by atoms with Gasteiger partial charge in [0.15, 0.2) is 0 Å². The first-order chi connectivity index (χ1) is 10.4. The predicted octanol–water partition coefficient (Wildman–Crippen LogP) is 3.47. The molecule has 2 aromatic rings. The summed E-state index contributed by atoms with van der Waals surface area (Å²) in [4.78, 5) is 12.4. The largest absolute Gasteiger partial charge is 0.378 e. The zero-order valence-electron chi connectivity index (χ0n) is 12.1. The lowest BCUT2D eigenvalue weighted by atomic mass is 10.2. The van der Waals surface area contributed by atoms with Gasteiger partial charge in [-0.15, -0.1) is 0 Å². The monoisotopic (exact) mass is 320 g/mol. The number of halogens is 1. The van der Waals surface area contributed by atoms with Gasteiger partial charge in [-0.1, -0.05) is 17.7 Å². The van der Waals surface area contributed by atoms with Crippen LogP contribution in [0.4, 0.5) is 17.1 Å². The van der Waals surface area contributed by atoms with Gasteiger partial charge < -0.3 is 4.90 Å². The van der Waals surface area contributed by atoms with Gasteiger partial charge in [0.05, 0.1) is 9.95 Å². The average Bonchev–Trinajstić information content (AvgIpc) is 2.49. The van der Waals surface area contributed by atoms with E-state index in [0.29, 0.717) is 5.69 Å². The highest BCUT2D eigenvalue weighted by molar-refractivity contribution is 6.33. The van der Waals surface area contributed by atoms with Gasteiger partial charge in [-0.2, -0.15) is 0 Å². The van der Waals surface area contributed by atoms with E-state index in [1.807, 2.05) is 31.1 Å². The fourth-order valence-electron chi connectivity index (χ4n) is 1.91. The molecule has 2 aromatic carbocycles. The normalized spacial score (nSPS) is 11.3. The SMILES string of the molecule is CN(C)c1ccc(/[N+](O)=C/c2c(Cl)cccc2[N+](=O)[O-])cc1. The Hall–Kier alpha value is -2.60. The van der Waals surface area contributed by atoms with Crippen molar-refractivity contribution in [2.24, 2.45) is 0 Å². The summed E-state index contributed by atoms with van der Waals surface area (Å²) >= 11 is 5.99. The van der Waals surface area contributed by atoms with E-state index in [2.05, 4.69) is 0 Å². The van der Waals surface area contributed by atoms with E-state index in [9.17, 15) is 15.3 Å². The Morgan fingerprint density at radius 2 is 1.82 bits per heavy atom. The Bertz CT molecular complexity index is 727. The summed E-state index contributed by atoms with van der Waals surface area (Å²) < 4.78 is 0.813. The van der Waals surface area contributed by atoms with Crippen LogP contribution in [0.5, 0.6) is 0 Å². The van der Waals surface area contributed by atoms with E-state index < -0.39 is 4.92 Å². The molecule has 0 aliphatic carbocycles. The molecule has 0 saturated carbocycles. The molecule has 22 heavy (non-hydrogen) atoms. The zero-order valence-corrected chi connectivity index (χ0v) is 12.9. The fraction of sp³-hybridized carbons (Fsp3) is 0.133. The molecule has 114 valence electrons. The summed E-state index contributed by atoms with van der Waals surface area (Å²) in [6.45, 7) is 0. The van der Waals surface area contributed by atoms with Crippen LogP contribution in [0.1, 0.15) is 5.56 Å². The zero-order chi connectivity index (χ0) is 16.3. The third kappa shape index (κ3) is 3.35. The highest BCUT2D eigenvalue weighted by atomic mass is 35.5. The number of rotatable bonds is 4. The Morgan fingerprint density at radius 1 is 1.18 bits per heavy atom. The van der Waals surface area contributed by atoms with Crippen molar-refractivity contribution < 1.29 is 14.9 Å². The van der Waals surface area contributed by atoms with Crippen LogP contribution in [0.2, 0.25) is 5.02 Å². The Labute approximate surface area is 132 Å². The minimum absolute atomic E-state index is 0.147. The third-order valence-corrected chi connectivity index (χ3v) is 3.44. The number of hydrogen-bond acceptors (Lipinski definition) is 4. The van der Waals surface area contributed by atoms with Crippen LogP contribution >= 0.6 is 11.6 Å². The maximum Gasteiger partial charge on any atom is 0.284 e. The standard InChI is InChI=1S/C15H15ClN3O3/c1-17(2)11-6-8-12(9-7-11)18(20)10-13-14(16)4-3-5-15(13)19(21)22/h3-10,20H,1-2H3/q+1/b18-10-. The van der Waals surface area contributed by atoms with Gasteiger partial charge in [-0.3, -0.25) is 15.3 Å². The number of nitro groups is 1. The molecule has 0 spiro atoms. The second-order valence-corrected chi connectivity index (χ2v) is 5.22. The first-order valence-corrected chi connectivity index (χ1v) is 6.81. The summed E-state index contributed by atoms with van der Waals surface area (Å²) in [5.41, 5.74) is 1.42. The molecule has 6 nitrogen and oxygen atoms in total. The summed E-state index contributed by atoms with van der Waals surface area (Å²) in [6.07, 6.45) is 1.23. The molecule has 1 N–H and O–H groups in total. The van der Waals surface area contributed by atoms with Crippen molar-refractivity contribution in [1.82, 2.24) is 0 Å². The topological polar surface area (TPSA) is 69.6 Å². The van der Waals surface area contributed by atoms with Gasteiger partial charge in [0.25, 0.3) is 11.4 Å². The van der Waals surface area contributed by atoms with Crippen molar-refractivity contribution in [2.45, 2.75) is 0 Å². The quantitative estimate of drug-likeness (QED) is 0.308. The van der Waals surface area contributed by atoms with E-state index in [4.69, 9.17) is 11.6 Å². The van der Waals surface area contributed by atoms with Crippen LogP contribution in [0.3, 0.4) is 0 Å². The van der Waals surface area contributed by atoms with E-state index >= 15 is 0 Å². The molecule has 0 radical (unpaired) electrons. The van der Waals surface area contributed by atoms with Crippen LogP contribution in [0, 0.1) is 10.1 Å². The predicted molar refractivity (Wildman–Crippen MR) is 85.7 cm³/mol. The number of hydrogen-bond donors (Lipinski definition) is 1. The molecule has 0 saturated heterocycles. The van der Waals surface area contributed by atoms with Crippen molar-refractivity contribution in [2.75, 3.05) is 19.0 Å². The number of nitro benzene ring substituents is 1. The molecule has 2 rings (SSSR count). The molecule has 0 unspecified atom stereocenters. The van der Waals surface area contributed by atoms with Crippen LogP contribution in [-0.4, -0.2) is 35.2 Å². The Kier molecular flexibility index (Phi) is 4.62. The molecular weight excluding hydrogens is 306 g/mol. The second kappa shape index (κ2) is 6.44. The number of anilines is 1. The van der Waals surface area contributed by atoms with Crippen molar-refractivity contribution in [3.8, 4) is 0 Å². The minimum atomic E-state index is -0.541. The van der Waals surface area contributed by atoms with Gasteiger partial charge >= 0.3 is 0 Å². The van der Waals surface area contributed by atoms with Crippen LogP contribution in [-0.2, 0) is 0 Å².